The Bertz CT molecular complexity index is 820. The molecule has 1 N–H and O–H groups in total. The first-order chi connectivity index (χ1) is 12.2. The molecule has 1 aliphatic rings. The normalized spacial score (nSPS) is 15.2. The number of nitrogens with one attached hydrogen (secondary N) is 1. The lowest BCUT2D eigenvalue weighted by Gasteiger charge is -2.19. The zero-order valence-electron chi connectivity index (χ0n) is 15.0. The summed E-state index contributed by atoms with van der Waals surface area (Å²) in [6, 6.07) is 10.7. The number of aromatic nitrogens is 1. The highest BCUT2D eigenvalue weighted by Gasteiger charge is 2.51. The van der Waals surface area contributed by atoms with Gasteiger partial charge in [-0.25, -0.2) is 4.79 Å². The second-order valence-electron chi connectivity index (χ2n) is 7.48. The lowest BCUT2D eigenvalue weighted by atomic mass is 9.89. The summed E-state index contributed by atoms with van der Waals surface area (Å²) >= 11 is 5.94. The number of hydrogen-bond donors (Lipinski definition) is 1. The predicted octanol–water partition coefficient (Wildman–Crippen LogP) is 5.00. The van der Waals surface area contributed by atoms with Crippen LogP contribution in [0.1, 0.15) is 49.7 Å². The van der Waals surface area contributed by atoms with Crippen molar-refractivity contribution in [2.24, 2.45) is 0 Å². The van der Waals surface area contributed by atoms with Crippen molar-refractivity contribution in [3.8, 4) is 0 Å². The first-order valence-electron chi connectivity index (χ1n) is 8.47. The third-order valence-electron chi connectivity index (χ3n) is 4.22. The first kappa shape index (κ1) is 18.4. The number of benzene rings is 1. The first-order valence-corrected chi connectivity index (χ1v) is 8.84. The molecule has 0 aliphatic heterocycles. The Morgan fingerprint density at radius 1 is 1.12 bits per heavy atom. The van der Waals surface area contributed by atoms with Gasteiger partial charge in [-0.1, -0.05) is 23.7 Å². The van der Waals surface area contributed by atoms with Crippen LogP contribution in [0.2, 0.25) is 5.02 Å². The summed E-state index contributed by atoms with van der Waals surface area (Å²) in [5.41, 5.74) is 0.742. The molecule has 1 aromatic heterocycles. The van der Waals surface area contributed by atoms with Crippen LogP contribution in [0.3, 0.4) is 0 Å². The number of nitrogens with zero attached hydrogens (tertiary/aromatic N) is 1. The number of pyridine rings is 1. The molecule has 3 rings (SSSR count). The number of carbonyl (C=O) groups excluding carboxylic acids is 2. The van der Waals surface area contributed by atoms with E-state index < -0.39 is 17.1 Å². The second kappa shape index (κ2) is 6.72. The highest BCUT2D eigenvalue weighted by molar-refractivity contribution is 6.30. The van der Waals surface area contributed by atoms with Crippen LogP contribution >= 0.6 is 11.6 Å². The zero-order chi connectivity index (χ0) is 18.9. The molecule has 0 saturated heterocycles. The molecule has 1 aliphatic carbocycles. The Kier molecular flexibility index (Phi) is 4.76. The van der Waals surface area contributed by atoms with Gasteiger partial charge in [0.05, 0.1) is 17.3 Å². The SMILES string of the molecule is CC(C)(C)OC(=O)Nc1ccc(C(=O)C2(c3ccc(Cl)cc3)CC2)nc1. The van der Waals surface area contributed by atoms with Gasteiger partial charge in [-0.3, -0.25) is 15.1 Å². The Balaban J connectivity index is 1.71. The lowest BCUT2D eigenvalue weighted by molar-refractivity contribution is 0.0635. The van der Waals surface area contributed by atoms with Crippen LogP contribution in [-0.4, -0.2) is 22.5 Å². The fraction of sp³-hybridized carbons (Fsp3) is 0.350. The van der Waals surface area contributed by atoms with E-state index in [4.69, 9.17) is 16.3 Å². The largest absolute Gasteiger partial charge is 0.444 e. The van der Waals surface area contributed by atoms with Crippen LogP contribution in [0.4, 0.5) is 10.5 Å². The molecule has 1 saturated carbocycles. The van der Waals surface area contributed by atoms with E-state index in [0.29, 0.717) is 16.4 Å². The zero-order valence-corrected chi connectivity index (χ0v) is 15.8. The van der Waals surface area contributed by atoms with Gasteiger partial charge in [-0.05, 0) is 63.4 Å². The highest BCUT2D eigenvalue weighted by Crippen LogP contribution is 2.50. The number of ketones is 1. The van der Waals surface area contributed by atoms with Crippen molar-refractivity contribution in [3.63, 3.8) is 0 Å². The van der Waals surface area contributed by atoms with Gasteiger partial charge in [0.2, 0.25) is 0 Å². The molecular formula is C20H21ClN2O3. The van der Waals surface area contributed by atoms with E-state index in [1.165, 1.54) is 6.20 Å². The fourth-order valence-electron chi connectivity index (χ4n) is 2.81. The van der Waals surface area contributed by atoms with Gasteiger partial charge in [0.25, 0.3) is 0 Å². The van der Waals surface area contributed by atoms with Gasteiger partial charge >= 0.3 is 6.09 Å². The average molecular weight is 373 g/mol. The number of halogens is 1. The molecule has 2 aromatic rings. The molecule has 0 unspecified atom stereocenters. The Morgan fingerprint density at radius 2 is 1.77 bits per heavy atom. The molecule has 1 heterocycles. The third kappa shape index (κ3) is 4.05. The molecule has 0 atom stereocenters. The lowest BCUT2D eigenvalue weighted by Crippen LogP contribution is -2.27. The monoisotopic (exact) mass is 372 g/mol. The minimum atomic E-state index is -0.579. The summed E-state index contributed by atoms with van der Waals surface area (Å²) in [6.45, 7) is 5.37. The van der Waals surface area contributed by atoms with E-state index in [1.54, 1.807) is 45.0 Å². The molecule has 6 heteroatoms. The molecule has 1 aromatic carbocycles. The summed E-state index contributed by atoms with van der Waals surface area (Å²) in [5.74, 6) is -0.0105. The van der Waals surface area contributed by atoms with Crippen molar-refractivity contribution in [1.29, 1.82) is 0 Å². The maximum atomic E-state index is 12.9. The smallest absolute Gasteiger partial charge is 0.412 e. The minimum Gasteiger partial charge on any atom is -0.444 e. The predicted molar refractivity (Wildman–Crippen MR) is 101 cm³/mol. The van der Waals surface area contributed by atoms with Crippen LogP contribution in [-0.2, 0) is 10.2 Å². The van der Waals surface area contributed by atoms with Crippen molar-refractivity contribution in [1.82, 2.24) is 4.98 Å². The van der Waals surface area contributed by atoms with Gasteiger partial charge in [0.1, 0.15) is 11.3 Å². The van der Waals surface area contributed by atoms with Gasteiger partial charge in [0, 0.05) is 5.02 Å². The minimum absolute atomic E-state index is 0.0105. The molecule has 0 spiro atoms. The Morgan fingerprint density at radius 3 is 2.27 bits per heavy atom. The summed E-state index contributed by atoms with van der Waals surface area (Å²) in [4.78, 5) is 28.9. The maximum absolute atomic E-state index is 12.9. The molecule has 136 valence electrons. The van der Waals surface area contributed by atoms with E-state index in [1.807, 2.05) is 12.1 Å². The van der Waals surface area contributed by atoms with Gasteiger partial charge < -0.3 is 4.74 Å². The highest BCUT2D eigenvalue weighted by atomic mass is 35.5. The van der Waals surface area contributed by atoms with Gasteiger partial charge in [0.15, 0.2) is 5.78 Å². The van der Waals surface area contributed by atoms with Crippen molar-refractivity contribution in [2.75, 3.05) is 5.32 Å². The van der Waals surface area contributed by atoms with Crippen LogP contribution in [0.15, 0.2) is 42.6 Å². The summed E-state index contributed by atoms with van der Waals surface area (Å²) in [6.07, 6.45) is 2.51. The number of amides is 1. The molecule has 1 fully saturated rings. The summed E-state index contributed by atoms with van der Waals surface area (Å²) in [7, 11) is 0. The topological polar surface area (TPSA) is 68.3 Å². The van der Waals surface area contributed by atoms with Crippen LogP contribution in [0.25, 0.3) is 0 Å². The fourth-order valence-corrected chi connectivity index (χ4v) is 2.94. The van der Waals surface area contributed by atoms with Crippen molar-refractivity contribution >= 4 is 29.2 Å². The van der Waals surface area contributed by atoms with Crippen molar-refractivity contribution < 1.29 is 14.3 Å². The average Bonchev–Trinajstić information content (AvgIpc) is 3.35. The van der Waals surface area contributed by atoms with Crippen LogP contribution in [0.5, 0.6) is 0 Å². The van der Waals surface area contributed by atoms with Gasteiger partial charge in [-0.2, -0.15) is 0 Å². The van der Waals surface area contributed by atoms with E-state index in [9.17, 15) is 9.59 Å². The Hall–Kier alpha value is -2.40. The standard InChI is InChI=1S/C20H21ClN2O3/c1-19(2,3)26-18(25)23-15-8-9-16(22-12-15)17(24)20(10-11-20)13-4-6-14(21)7-5-13/h4-9,12H,10-11H2,1-3H3,(H,23,25). The van der Waals surface area contributed by atoms with E-state index in [2.05, 4.69) is 10.3 Å². The molecule has 5 nitrogen and oxygen atoms in total. The van der Waals surface area contributed by atoms with E-state index in [-0.39, 0.29) is 5.78 Å². The molecular weight excluding hydrogens is 352 g/mol. The van der Waals surface area contributed by atoms with Gasteiger partial charge in [-0.15, -0.1) is 0 Å². The van der Waals surface area contributed by atoms with Crippen molar-refractivity contribution in [3.05, 3.63) is 58.9 Å². The number of rotatable bonds is 4. The molecule has 26 heavy (non-hydrogen) atoms. The molecule has 0 radical (unpaired) electrons. The van der Waals surface area contributed by atoms with Crippen molar-refractivity contribution in [2.45, 2.75) is 44.6 Å². The number of Topliss-reactive ketones (excluding diaryl/α,β-unsaturated/α-hetero) is 1. The number of anilines is 1. The summed E-state index contributed by atoms with van der Waals surface area (Å²) in [5, 5.41) is 3.25. The molecule has 0 bridgehead atoms. The van der Waals surface area contributed by atoms with Crippen LogP contribution in [0, 0.1) is 0 Å². The number of ether oxygens (including phenoxy) is 1. The molecule has 1 amide bonds. The number of hydrogen-bond acceptors (Lipinski definition) is 4. The number of carbonyl (C=O) groups is 2. The van der Waals surface area contributed by atoms with Crippen LogP contribution < -0.4 is 5.32 Å². The third-order valence-corrected chi connectivity index (χ3v) is 4.47. The summed E-state index contributed by atoms with van der Waals surface area (Å²) < 4.78 is 5.20. The second-order valence-corrected chi connectivity index (χ2v) is 7.91. The quantitative estimate of drug-likeness (QED) is 0.767. The van der Waals surface area contributed by atoms with E-state index >= 15 is 0 Å². The Labute approximate surface area is 157 Å². The maximum Gasteiger partial charge on any atom is 0.412 e. The van der Waals surface area contributed by atoms with E-state index in [0.717, 1.165) is 18.4 Å².